The monoisotopic (exact) mass is 512 g/mol. The van der Waals surface area contributed by atoms with Crippen molar-refractivity contribution in [3.63, 3.8) is 0 Å². The van der Waals surface area contributed by atoms with E-state index in [1.54, 1.807) is 38.1 Å². The van der Waals surface area contributed by atoms with E-state index in [0.29, 0.717) is 26.6 Å². The van der Waals surface area contributed by atoms with Crippen LogP contribution in [0, 0.1) is 10.6 Å². The van der Waals surface area contributed by atoms with Crippen LogP contribution in [0.25, 0.3) is 5.70 Å². The summed E-state index contributed by atoms with van der Waals surface area (Å²) in [7, 11) is 0. The van der Waals surface area contributed by atoms with Crippen LogP contribution in [-0.4, -0.2) is 23.0 Å². The number of rotatable bonds is 5. The highest BCUT2D eigenvalue weighted by Crippen LogP contribution is 2.28. The Morgan fingerprint density at radius 1 is 1.29 bits per heavy atom. The summed E-state index contributed by atoms with van der Waals surface area (Å²) in [5, 5.41) is 16.8. The van der Waals surface area contributed by atoms with E-state index in [1.807, 2.05) is 30.3 Å². The molecule has 0 spiro atoms. The van der Waals surface area contributed by atoms with Gasteiger partial charge in [-0.05, 0) is 44.2 Å². The molecular weight excluding hydrogens is 491 g/mol. The number of hydrogen-bond donors (Lipinski definition) is 2. The second-order valence-corrected chi connectivity index (χ2v) is 8.41. The molecule has 1 aliphatic rings. The molecule has 1 amide bonds. The number of ether oxygens (including phenoxy) is 1. The number of allylic oxidation sites excluding steroid dienone is 1. The molecule has 2 atom stereocenters. The molecule has 148 valence electrons. The molecule has 0 saturated heterocycles. The molecule has 7 heteroatoms. The predicted molar refractivity (Wildman–Crippen MR) is 120 cm³/mol. The number of benzene rings is 2. The van der Waals surface area contributed by atoms with Gasteiger partial charge in [0.2, 0.25) is 5.91 Å². The second kappa shape index (κ2) is 8.82. The third-order valence-corrected chi connectivity index (χ3v) is 5.92. The van der Waals surface area contributed by atoms with E-state index in [9.17, 15) is 10.0 Å². The molecule has 1 aliphatic heterocycles. The van der Waals surface area contributed by atoms with Crippen LogP contribution in [-0.2, 0) is 9.53 Å². The fourth-order valence-corrected chi connectivity index (χ4v) is 4.00. The third-order valence-electron chi connectivity index (χ3n) is 4.99. The van der Waals surface area contributed by atoms with Crippen LogP contribution in [0.2, 0.25) is 5.02 Å². The Bertz CT molecular complexity index is 886. The zero-order valence-corrected chi connectivity index (χ0v) is 18.6. The summed E-state index contributed by atoms with van der Waals surface area (Å²) in [5.41, 5.74) is 1.02. The number of carbonyl (C=O) groups excluding carboxylic acids is 1. The van der Waals surface area contributed by atoms with Gasteiger partial charge in [-0.2, -0.15) is 0 Å². The minimum absolute atomic E-state index is 0.0599. The van der Waals surface area contributed by atoms with E-state index in [0.717, 1.165) is 5.56 Å². The highest BCUT2D eigenvalue weighted by atomic mass is 127. The third kappa shape index (κ3) is 4.35. The number of halogens is 2. The number of hydroxylamine groups is 2. The lowest BCUT2D eigenvalue weighted by atomic mass is 9.82. The van der Waals surface area contributed by atoms with Gasteiger partial charge in [0.1, 0.15) is 12.6 Å². The summed E-state index contributed by atoms with van der Waals surface area (Å²) in [6.07, 6.45) is 0. The molecule has 0 aliphatic carbocycles. The maximum Gasteiger partial charge on any atom is 0.236 e. The molecular formula is C21H22ClIN2O3. The zero-order valence-electron chi connectivity index (χ0n) is 15.7. The van der Waals surface area contributed by atoms with Gasteiger partial charge in [-0.3, -0.25) is 4.79 Å². The van der Waals surface area contributed by atoms with Gasteiger partial charge in [0.05, 0.1) is 9.84 Å². The number of amides is 1. The lowest BCUT2D eigenvalue weighted by molar-refractivity contribution is -0.813. The SMILES string of the molecule is CC(C)(C(=O)Nc1cccc(Cl)c1)C1COC(CI)=C(c2ccccc2)[NH+]1[O-]. The second-order valence-electron chi connectivity index (χ2n) is 7.21. The Morgan fingerprint density at radius 3 is 2.64 bits per heavy atom. The van der Waals surface area contributed by atoms with Crippen molar-refractivity contribution in [1.82, 2.24) is 0 Å². The quantitative estimate of drug-likeness (QED) is 0.363. The Kier molecular flexibility index (Phi) is 6.65. The van der Waals surface area contributed by atoms with Crippen molar-refractivity contribution in [2.75, 3.05) is 16.4 Å². The molecule has 2 unspecified atom stereocenters. The lowest BCUT2D eigenvalue weighted by Gasteiger charge is -2.44. The number of alkyl halides is 1. The molecule has 2 aromatic rings. The van der Waals surface area contributed by atoms with Gasteiger partial charge in [0.25, 0.3) is 0 Å². The van der Waals surface area contributed by atoms with Crippen LogP contribution in [0.5, 0.6) is 0 Å². The summed E-state index contributed by atoms with van der Waals surface area (Å²) in [6.45, 7) is 3.73. The standard InChI is InChI=1S/C21H22ClIN2O3/c1-21(2,20(26)24-16-10-6-9-15(22)11-16)18-13-28-17(12-23)19(25(18)27)14-7-4-3-5-8-14/h3-11,18,25H,12-13H2,1-2H3,(H,24,26). The van der Waals surface area contributed by atoms with Gasteiger partial charge < -0.3 is 20.3 Å². The van der Waals surface area contributed by atoms with Gasteiger partial charge in [0, 0.05) is 16.3 Å². The predicted octanol–water partition coefficient (Wildman–Crippen LogP) is 3.89. The molecule has 0 radical (unpaired) electrons. The molecule has 0 bridgehead atoms. The first kappa shape index (κ1) is 21.1. The molecule has 2 aromatic carbocycles. The maximum absolute atomic E-state index is 13.4. The van der Waals surface area contributed by atoms with Crippen molar-refractivity contribution >= 4 is 51.5 Å². The van der Waals surface area contributed by atoms with Crippen LogP contribution < -0.4 is 10.4 Å². The van der Waals surface area contributed by atoms with Crippen LogP contribution in [0.4, 0.5) is 5.69 Å². The van der Waals surface area contributed by atoms with Crippen molar-refractivity contribution < 1.29 is 14.6 Å². The minimum Gasteiger partial charge on any atom is -0.628 e. The number of quaternary nitrogens is 1. The van der Waals surface area contributed by atoms with E-state index < -0.39 is 11.5 Å². The van der Waals surface area contributed by atoms with Crippen LogP contribution in [0.1, 0.15) is 19.4 Å². The average molecular weight is 513 g/mol. The molecule has 0 saturated carbocycles. The summed E-state index contributed by atoms with van der Waals surface area (Å²) >= 11 is 8.19. The van der Waals surface area contributed by atoms with E-state index in [1.165, 1.54) is 0 Å². The number of anilines is 1. The molecule has 5 nitrogen and oxygen atoms in total. The molecule has 3 rings (SSSR count). The summed E-state index contributed by atoms with van der Waals surface area (Å²) in [6, 6.07) is 15.8. The number of nitrogens with one attached hydrogen (secondary N) is 2. The Labute approximate surface area is 183 Å². The summed E-state index contributed by atoms with van der Waals surface area (Å²) in [4.78, 5) is 13.0. The van der Waals surface area contributed by atoms with Crippen molar-refractivity contribution in [2.24, 2.45) is 5.41 Å². The summed E-state index contributed by atoms with van der Waals surface area (Å²) < 4.78 is 6.53. The van der Waals surface area contributed by atoms with Gasteiger partial charge in [-0.15, -0.1) is 0 Å². The maximum atomic E-state index is 13.4. The first-order valence-electron chi connectivity index (χ1n) is 8.93. The first-order chi connectivity index (χ1) is 13.3. The van der Waals surface area contributed by atoms with E-state index in [4.69, 9.17) is 16.3 Å². The molecule has 0 aromatic heterocycles. The largest absolute Gasteiger partial charge is 0.628 e. The first-order valence-corrected chi connectivity index (χ1v) is 10.8. The van der Waals surface area contributed by atoms with Crippen molar-refractivity contribution in [3.8, 4) is 0 Å². The van der Waals surface area contributed by atoms with E-state index in [2.05, 4.69) is 27.9 Å². The fraction of sp³-hybridized carbons (Fsp3) is 0.286. The fourth-order valence-electron chi connectivity index (χ4n) is 3.21. The van der Waals surface area contributed by atoms with Crippen LogP contribution in [0.3, 0.4) is 0 Å². The van der Waals surface area contributed by atoms with Gasteiger partial charge in [-0.1, -0.05) is 58.5 Å². The smallest absolute Gasteiger partial charge is 0.236 e. The average Bonchev–Trinajstić information content (AvgIpc) is 2.68. The molecule has 2 N–H and O–H groups in total. The normalized spacial score (nSPS) is 19.9. The Balaban J connectivity index is 1.88. The zero-order chi connectivity index (χ0) is 20.3. The Morgan fingerprint density at radius 2 is 2.00 bits per heavy atom. The number of hydrogen-bond acceptors (Lipinski definition) is 3. The van der Waals surface area contributed by atoms with E-state index >= 15 is 0 Å². The van der Waals surface area contributed by atoms with Crippen LogP contribution in [0.15, 0.2) is 60.4 Å². The van der Waals surface area contributed by atoms with E-state index in [-0.39, 0.29) is 17.6 Å². The van der Waals surface area contributed by atoms with Gasteiger partial charge >= 0.3 is 0 Å². The topological polar surface area (TPSA) is 65.8 Å². The molecule has 0 fully saturated rings. The minimum atomic E-state index is -0.962. The number of carbonyl (C=O) groups is 1. The van der Waals surface area contributed by atoms with Crippen molar-refractivity contribution in [2.45, 2.75) is 19.9 Å². The lowest BCUT2D eigenvalue weighted by Crippen LogP contribution is -3.12. The van der Waals surface area contributed by atoms with Gasteiger partial charge in [0.15, 0.2) is 11.5 Å². The van der Waals surface area contributed by atoms with Crippen molar-refractivity contribution in [1.29, 1.82) is 0 Å². The molecule has 1 heterocycles. The summed E-state index contributed by atoms with van der Waals surface area (Å²) in [5.74, 6) is 0.418. The van der Waals surface area contributed by atoms with Crippen LogP contribution >= 0.6 is 34.2 Å². The Hall–Kier alpha value is -1.61. The van der Waals surface area contributed by atoms with Gasteiger partial charge in [-0.25, -0.2) is 0 Å². The highest BCUT2D eigenvalue weighted by Gasteiger charge is 2.46. The molecule has 28 heavy (non-hydrogen) atoms. The highest BCUT2D eigenvalue weighted by molar-refractivity contribution is 14.1. The van der Waals surface area contributed by atoms with Crippen molar-refractivity contribution in [3.05, 3.63) is 76.1 Å².